The highest BCUT2D eigenvalue weighted by Gasteiger charge is 2.02. The van der Waals surface area contributed by atoms with Crippen LogP contribution in [0.4, 0.5) is 0 Å². The fourth-order valence-corrected chi connectivity index (χ4v) is 1.45. The monoisotopic (exact) mass is 184 g/mol. The van der Waals surface area contributed by atoms with E-state index in [4.69, 9.17) is 0 Å². The molecule has 0 amide bonds. The minimum absolute atomic E-state index is 0.0724. The minimum Gasteiger partial charge on any atom is -0.393 e. The van der Waals surface area contributed by atoms with Gasteiger partial charge in [0.15, 0.2) is 0 Å². The second kappa shape index (κ2) is 9.79. The van der Waals surface area contributed by atoms with Gasteiger partial charge in [0.2, 0.25) is 0 Å². The average molecular weight is 184 g/mol. The first-order valence-corrected chi connectivity index (χ1v) is 5.60. The van der Waals surface area contributed by atoms with Gasteiger partial charge in [-0.05, 0) is 25.7 Å². The molecule has 0 saturated heterocycles. The standard InChI is InChI=1S/C12H24O/c1-3-5-7-9-11-12(13)10-8-6-4-2/h4,12-13H,2-3,5-11H2,1H3/t12-/m1/s1. The van der Waals surface area contributed by atoms with E-state index in [0.717, 1.165) is 25.7 Å². The molecule has 1 heteroatoms. The highest BCUT2D eigenvalue weighted by Crippen LogP contribution is 2.10. The molecule has 0 bridgehead atoms. The molecule has 0 heterocycles. The summed E-state index contributed by atoms with van der Waals surface area (Å²) in [6, 6.07) is 0. The molecule has 0 aliphatic carbocycles. The molecule has 0 fully saturated rings. The molecule has 0 aliphatic heterocycles. The highest BCUT2D eigenvalue weighted by molar-refractivity contribution is 4.67. The fraction of sp³-hybridized carbons (Fsp3) is 0.833. The maximum atomic E-state index is 9.54. The van der Waals surface area contributed by atoms with Gasteiger partial charge in [0.25, 0.3) is 0 Å². The molecule has 78 valence electrons. The quantitative estimate of drug-likeness (QED) is 0.428. The Morgan fingerprint density at radius 2 is 1.85 bits per heavy atom. The van der Waals surface area contributed by atoms with Crippen LogP contribution in [0.5, 0.6) is 0 Å². The molecule has 0 saturated carbocycles. The van der Waals surface area contributed by atoms with Gasteiger partial charge in [0, 0.05) is 0 Å². The van der Waals surface area contributed by atoms with Crippen LogP contribution >= 0.6 is 0 Å². The van der Waals surface area contributed by atoms with E-state index in [1.54, 1.807) is 0 Å². The SMILES string of the molecule is C=CCCC[C@@H](O)CCCCCC. The Morgan fingerprint density at radius 1 is 1.15 bits per heavy atom. The number of hydrogen-bond acceptors (Lipinski definition) is 1. The lowest BCUT2D eigenvalue weighted by Crippen LogP contribution is -2.05. The van der Waals surface area contributed by atoms with Crippen molar-refractivity contribution in [2.24, 2.45) is 0 Å². The molecule has 0 spiro atoms. The molecule has 0 aromatic heterocycles. The molecule has 1 nitrogen and oxygen atoms in total. The highest BCUT2D eigenvalue weighted by atomic mass is 16.3. The van der Waals surface area contributed by atoms with Crippen molar-refractivity contribution in [3.05, 3.63) is 12.7 Å². The number of allylic oxidation sites excluding steroid dienone is 1. The predicted molar refractivity (Wildman–Crippen MR) is 58.8 cm³/mol. The molecule has 0 radical (unpaired) electrons. The van der Waals surface area contributed by atoms with Gasteiger partial charge in [-0.1, -0.05) is 38.7 Å². The van der Waals surface area contributed by atoms with E-state index in [0.29, 0.717) is 0 Å². The second-order valence-corrected chi connectivity index (χ2v) is 3.72. The maximum Gasteiger partial charge on any atom is 0.0540 e. The van der Waals surface area contributed by atoms with Crippen molar-refractivity contribution in [1.82, 2.24) is 0 Å². The van der Waals surface area contributed by atoms with Crippen LogP contribution in [-0.4, -0.2) is 11.2 Å². The van der Waals surface area contributed by atoms with Gasteiger partial charge in [-0.15, -0.1) is 6.58 Å². The maximum absolute atomic E-state index is 9.54. The summed E-state index contributed by atoms with van der Waals surface area (Å²) in [6.07, 6.45) is 10.9. The number of rotatable bonds is 9. The van der Waals surface area contributed by atoms with Crippen molar-refractivity contribution in [3.63, 3.8) is 0 Å². The van der Waals surface area contributed by atoms with Crippen molar-refractivity contribution in [3.8, 4) is 0 Å². The van der Waals surface area contributed by atoms with Crippen LogP contribution in [0, 0.1) is 0 Å². The molecule has 0 rings (SSSR count). The van der Waals surface area contributed by atoms with Gasteiger partial charge in [-0.25, -0.2) is 0 Å². The van der Waals surface area contributed by atoms with Gasteiger partial charge in [0.1, 0.15) is 0 Å². The van der Waals surface area contributed by atoms with E-state index in [-0.39, 0.29) is 6.10 Å². The van der Waals surface area contributed by atoms with E-state index in [1.165, 1.54) is 25.7 Å². The molecule has 13 heavy (non-hydrogen) atoms. The third-order valence-electron chi connectivity index (χ3n) is 2.34. The van der Waals surface area contributed by atoms with Crippen LogP contribution in [0.2, 0.25) is 0 Å². The molecule has 0 unspecified atom stereocenters. The lowest BCUT2D eigenvalue weighted by Gasteiger charge is -2.08. The first kappa shape index (κ1) is 12.7. The van der Waals surface area contributed by atoms with Gasteiger partial charge < -0.3 is 5.11 Å². The lowest BCUT2D eigenvalue weighted by atomic mass is 10.0. The largest absolute Gasteiger partial charge is 0.393 e. The second-order valence-electron chi connectivity index (χ2n) is 3.72. The number of aliphatic hydroxyl groups is 1. The molecule has 1 atom stereocenters. The van der Waals surface area contributed by atoms with Crippen LogP contribution < -0.4 is 0 Å². The summed E-state index contributed by atoms with van der Waals surface area (Å²) in [5.41, 5.74) is 0. The van der Waals surface area contributed by atoms with E-state index < -0.39 is 0 Å². The fourth-order valence-electron chi connectivity index (χ4n) is 1.45. The summed E-state index contributed by atoms with van der Waals surface area (Å²) in [4.78, 5) is 0. The predicted octanol–water partition coefficient (Wildman–Crippen LogP) is 3.67. The topological polar surface area (TPSA) is 20.2 Å². The molecular weight excluding hydrogens is 160 g/mol. The van der Waals surface area contributed by atoms with Crippen LogP contribution in [0.3, 0.4) is 0 Å². The number of unbranched alkanes of at least 4 members (excludes halogenated alkanes) is 4. The minimum atomic E-state index is -0.0724. The Balaban J connectivity index is 3.09. The number of aliphatic hydroxyl groups excluding tert-OH is 1. The molecule has 0 aromatic carbocycles. The normalized spacial score (nSPS) is 12.8. The van der Waals surface area contributed by atoms with E-state index in [2.05, 4.69) is 13.5 Å². The van der Waals surface area contributed by atoms with E-state index in [9.17, 15) is 5.11 Å². The van der Waals surface area contributed by atoms with Crippen molar-refractivity contribution in [1.29, 1.82) is 0 Å². The third kappa shape index (κ3) is 9.62. The Labute approximate surface area is 82.9 Å². The molecule has 1 N–H and O–H groups in total. The smallest absolute Gasteiger partial charge is 0.0540 e. The van der Waals surface area contributed by atoms with Gasteiger partial charge in [-0.3, -0.25) is 0 Å². The average Bonchev–Trinajstić information content (AvgIpc) is 2.13. The van der Waals surface area contributed by atoms with Crippen molar-refractivity contribution >= 4 is 0 Å². The number of hydrogen-bond donors (Lipinski definition) is 1. The summed E-state index contributed by atoms with van der Waals surface area (Å²) >= 11 is 0. The zero-order chi connectivity index (χ0) is 9.94. The zero-order valence-corrected chi connectivity index (χ0v) is 8.97. The van der Waals surface area contributed by atoms with Crippen LogP contribution in [0.25, 0.3) is 0 Å². The van der Waals surface area contributed by atoms with Gasteiger partial charge in [-0.2, -0.15) is 0 Å². The molecule has 0 aromatic rings. The van der Waals surface area contributed by atoms with Crippen molar-refractivity contribution < 1.29 is 5.11 Å². The lowest BCUT2D eigenvalue weighted by molar-refractivity contribution is 0.148. The van der Waals surface area contributed by atoms with Crippen LogP contribution in [0.1, 0.15) is 58.3 Å². The molecule has 0 aliphatic rings. The van der Waals surface area contributed by atoms with Crippen molar-refractivity contribution in [2.75, 3.05) is 0 Å². The van der Waals surface area contributed by atoms with Gasteiger partial charge >= 0.3 is 0 Å². The third-order valence-corrected chi connectivity index (χ3v) is 2.34. The summed E-state index contributed by atoms with van der Waals surface area (Å²) in [5, 5.41) is 9.54. The Kier molecular flexibility index (Phi) is 9.56. The van der Waals surface area contributed by atoms with E-state index >= 15 is 0 Å². The van der Waals surface area contributed by atoms with Gasteiger partial charge in [0.05, 0.1) is 6.10 Å². The first-order chi connectivity index (χ1) is 6.31. The Bertz CT molecular complexity index is 110. The van der Waals surface area contributed by atoms with Crippen molar-refractivity contribution in [2.45, 2.75) is 64.4 Å². The summed E-state index contributed by atoms with van der Waals surface area (Å²) in [7, 11) is 0. The summed E-state index contributed by atoms with van der Waals surface area (Å²) in [6.45, 7) is 5.87. The Morgan fingerprint density at radius 3 is 2.46 bits per heavy atom. The zero-order valence-electron chi connectivity index (χ0n) is 8.97. The summed E-state index contributed by atoms with van der Waals surface area (Å²) in [5.74, 6) is 0. The van der Waals surface area contributed by atoms with Crippen LogP contribution in [0.15, 0.2) is 12.7 Å². The summed E-state index contributed by atoms with van der Waals surface area (Å²) < 4.78 is 0. The van der Waals surface area contributed by atoms with E-state index in [1.807, 2.05) is 6.08 Å². The van der Waals surface area contributed by atoms with Crippen LogP contribution in [-0.2, 0) is 0 Å². The Hall–Kier alpha value is -0.300. The molecular formula is C12H24O. The first-order valence-electron chi connectivity index (χ1n) is 5.60.